The molecule has 0 saturated carbocycles. The van der Waals surface area contributed by atoms with Crippen LogP contribution in [0.25, 0.3) is 16.9 Å². The van der Waals surface area contributed by atoms with Crippen molar-refractivity contribution in [1.29, 1.82) is 0 Å². The molecule has 0 fully saturated rings. The number of nitrogens with zero attached hydrogens (tertiary/aromatic N) is 3. The van der Waals surface area contributed by atoms with Gasteiger partial charge in [-0.05, 0) is 37.3 Å². The van der Waals surface area contributed by atoms with Gasteiger partial charge in [-0.25, -0.2) is 4.68 Å². The standard InChI is InChI=1S/C12H10Cl2N4S/c1-6-10-11(17(2)16-6)18(12(19)15-10)9-5-7(13)3-4-8(9)14/h3-5H,1-2H3,(H,15,19). The fourth-order valence-electron chi connectivity index (χ4n) is 2.19. The number of benzene rings is 1. The topological polar surface area (TPSA) is 38.5 Å². The van der Waals surface area contributed by atoms with Crippen molar-refractivity contribution in [1.82, 2.24) is 19.3 Å². The van der Waals surface area contributed by atoms with Crippen LogP contribution in [0.5, 0.6) is 0 Å². The van der Waals surface area contributed by atoms with E-state index in [1.165, 1.54) is 0 Å². The maximum absolute atomic E-state index is 6.25. The second kappa shape index (κ2) is 4.37. The minimum Gasteiger partial charge on any atom is -0.327 e. The molecule has 2 aromatic heterocycles. The molecule has 0 bridgehead atoms. The summed E-state index contributed by atoms with van der Waals surface area (Å²) in [6.45, 7) is 1.93. The van der Waals surface area contributed by atoms with Gasteiger partial charge in [-0.3, -0.25) is 4.57 Å². The van der Waals surface area contributed by atoms with Crippen molar-refractivity contribution >= 4 is 46.6 Å². The number of aromatic amines is 1. The maximum Gasteiger partial charge on any atom is 0.184 e. The highest BCUT2D eigenvalue weighted by molar-refractivity contribution is 7.71. The van der Waals surface area contributed by atoms with Gasteiger partial charge >= 0.3 is 0 Å². The van der Waals surface area contributed by atoms with Gasteiger partial charge in [0.25, 0.3) is 0 Å². The lowest BCUT2D eigenvalue weighted by atomic mass is 10.3. The van der Waals surface area contributed by atoms with Gasteiger partial charge in [0.05, 0.1) is 16.4 Å². The first kappa shape index (κ1) is 12.7. The lowest BCUT2D eigenvalue weighted by Gasteiger charge is -2.07. The van der Waals surface area contributed by atoms with Crippen LogP contribution in [0.15, 0.2) is 18.2 Å². The Hall–Kier alpha value is -1.30. The van der Waals surface area contributed by atoms with Crippen molar-refractivity contribution in [2.24, 2.45) is 7.05 Å². The van der Waals surface area contributed by atoms with Crippen LogP contribution in [-0.2, 0) is 7.05 Å². The van der Waals surface area contributed by atoms with E-state index in [0.29, 0.717) is 14.8 Å². The van der Waals surface area contributed by atoms with Gasteiger partial charge in [-0.15, -0.1) is 0 Å². The largest absolute Gasteiger partial charge is 0.327 e. The third-order valence-electron chi connectivity index (χ3n) is 2.99. The summed E-state index contributed by atoms with van der Waals surface area (Å²) in [5.74, 6) is 0. The average Bonchev–Trinajstić information content (AvgIpc) is 2.81. The third-order valence-corrected chi connectivity index (χ3v) is 3.83. The molecule has 0 saturated heterocycles. The Labute approximate surface area is 124 Å². The number of rotatable bonds is 1. The zero-order chi connectivity index (χ0) is 13.7. The van der Waals surface area contributed by atoms with E-state index in [2.05, 4.69) is 10.1 Å². The molecule has 0 aliphatic heterocycles. The van der Waals surface area contributed by atoms with E-state index in [1.54, 1.807) is 22.9 Å². The summed E-state index contributed by atoms with van der Waals surface area (Å²) in [5, 5.41) is 5.56. The van der Waals surface area contributed by atoms with E-state index in [0.717, 1.165) is 22.5 Å². The van der Waals surface area contributed by atoms with Crippen molar-refractivity contribution in [2.75, 3.05) is 0 Å². The predicted octanol–water partition coefficient (Wildman–Crippen LogP) is 4.04. The molecule has 98 valence electrons. The summed E-state index contributed by atoms with van der Waals surface area (Å²) < 4.78 is 4.18. The van der Waals surface area contributed by atoms with Crippen LogP contribution in [0.3, 0.4) is 0 Å². The van der Waals surface area contributed by atoms with Crippen molar-refractivity contribution in [3.05, 3.63) is 38.7 Å². The first-order chi connectivity index (χ1) is 8.99. The molecule has 4 nitrogen and oxygen atoms in total. The number of H-pyrrole nitrogens is 1. The first-order valence-electron chi connectivity index (χ1n) is 5.59. The monoisotopic (exact) mass is 312 g/mol. The van der Waals surface area contributed by atoms with E-state index in [1.807, 2.05) is 18.5 Å². The van der Waals surface area contributed by atoms with Crippen LogP contribution < -0.4 is 0 Å². The van der Waals surface area contributed by atoms with Crippen LogP contribution >= 0.6 is 35.4 Å². The van der Waals surface area contributed by atoms with E-state index in [9.17, 15) is 0 Å². The molecule has 2 heterocycles. The fraction of sp³-hybridized carbons (Fsp3) is 0.167. The van der Waals surface area contributed by atoms with Crippen LogP contribution in [0.2, 0.25) is 10.0 Å². The summed E-state index contributed by atoms with van der Waals surface area (Å²) in [4.78, 5) is 3.15. The van der Waals surface area contributed by atoms with Gasteiger partial charge in [0, 0.05) is 12.1 Å². The molecule has 19 heavy (non-hydrogen) atoms. The average molecular weight is 313 g/mol. The molecule has 0 aliphatic carbocycles. The molecule has 0 radical (unpaired) electrons. The van der Waals surface area contributed by atoms with Gasteiger partial charge in [0.15, 0.2) is 10.4 Å². The van der Waals surface area contributed by atoms with Gasteiger partial charge < -0.3 is 4.98 Å². The zero-order valence-electron chi connectivity index (χ0n) is 10.2. The van der Waals surface area contributed by atoms with Crippen molar-refractivity contribution in [3.63, 3.8) is 0 Å². The number of hydrogen-bond acceptors (Lipinski definition) is 2. The lowest BCUT2D eigenvalue weighted by Crippen LogP contribution is -2.01. The molecule has 3 aromatic rings. The maximum atomic E-state index is 6.25. The quantitative estimate of drug-likeness (QED) is 0.689. The smallest absolute Gasteiger partial charge is 0.184 e. The van der Waals surface area contributed by atoms with E-state index < -0.39 is 0 Å². The predicted molar refractivity (Wildman–Crippen MR) is 80.0 cm³/mol. The molecule has 1 aromatic carbocycles. The van der Waals surface area contributed by atoms with Crippen molar-refractivity contribution in [3.8, 4) is 5.69 Å². The number of fused-ring (bicyclic) bond motifs is 1. The summed E-state index contributed by atoms with van der Waals surface area (Å²) in [5.41, 5.74) is 3.41. The Balaban J connectivity index is 2.45. The molecule has 0 amide bonds. The van der Waals surface area contributed by atoms with Crippen molar-refractivity contribution in [2.45, 2.75) is 6.92 Å². The number of halogens is 2. The van der Waals surface area contributed by atoms with Crippen LogP contribution in [0.4, 0.5) is 0 Å². The SMILES string of the molecule is Cc1nn(C)c2c1[nH]c(=S)n2-c1cc(Cl)ccc1Cl. The van der Waals surface area contributed by atoms with E-state index in [-0.39, 0.29) is 0 Å². The normalized spacial score (nSPS) is 11.4. The molecule has 0 aliphatic rings. The Morgan fingerprint density at radius 3 is 2.79 bits per heavy atom. The second-order valence-corrected chi connectivity index (χ2v) is 5.50. The van der Waals surface area contributed by atoms with Gasteiger partial charge in [-0.2, -0.15) is 5.10 Å². The highest BCUT2D eigenvalue weighted by Crippen LogP contribution is 2.28. The number of hydrogen-bond donors (Lipinski definition) is 1. The highest BCUT2D eigenvalue weighted by atomic mass is 35.5. The summed E-state index contributed by atoms with van der Waals surface area (Å²) >= 11 is 17.7. The van der Waals surface area contributed by atoms with Gasteiger partial charge in [0.1, 0.15) is 5.52 Å². The lowest BCUT2D eigenvalue weighted by molar-refractivity contribution is 0.759. The Morgan fingerprint density at radius 1 is 1.32 bits per heavy atom. The minimum absolute atomic E-state index is 0.565. The Bertz CT molecular complexity index is 843. The third kappa shape index (κ3) is 1.89. The van der Waals surface area contributed by atoms with Crippen LogP contribution in [0.1, 0.15) is 5.69 Å². The minimum atomic E-state index is 0.565. The summed E-state index contributed by atoms with van der Waals surface area (Å²) in [6.07, 6.45) is 0. The highest BCUT2D eigenvalue weighted by Gasteiger charge is 2.16. The van der Waals surface area contributed by atoms with E-state index in [4.69, 9.17) is 35.4 Å². The fourth-order valence-corrected chi connectivity index (χ4v) is 2.84. The molecule has 3 rings (SSSR count). The number of nitrogens with one attached hydrogen (secondary N) is 1. The molecule has 0 unspecified atom stereocenters. The van der Waals surface area contributed by atoms with Crippen molar-refractivity contribution < 1.29 is 0 Å². The molecule has 1 N–H and O–H groups in total. The van der Waals surface area contributed by atoms with Gasteiger partial charge in [0.2, 0.25) is 0 Å². The number of aromatic nitrogens is 4. The summed E-state index contributed by atoms with van der Waals surface area (Å²) in [7, 11) is 1.87. The molecular weight excluding hydrogens is 303 g/mol. The van der Waals surface area contributed by atoms with E-state index >= 15 is 0 Å². The Kier molecular flexibility index (Phi) is 2.92. The molecule has 7 heteroatoms. The zero-order valence-corrected chi connectivity index (χ0v) is 12.6. The first-order valence-corrected chi connectivity index (χ1v) is 6.75. The number of aryl methyl sites for hydroxylation is 2. The molecule has 0 atom stereocenters. The van der Waals surface area contributed by atoms with Crippen LogP contribution in [-0.4, -0.2) is 19.3 Å². The van der Waals surface area contributed by atoms with Gasteiger partial charge in [-0.1, -0.05) is 23.2 Å². The van der Waals surface area contributed by atoms with Crippen LogP contribution in [0, 0.1) is 11.7 Å². The number of imidazole rings is 1. The molecular formula is C12H10Cl2N4S. The molecule has 0 spiro atoms. The summed E-state index contributed by atoms with van der Waals surface area (Å²) in [6, 6.07) is 5.29. The second-order valence-electron chi connectivity index (χ2n) is 4.27. The Morgan fingerprint density at radius 2 is 2.05 bits per heavy atom.